The molecule has 0 bridgehead atoms. The number of hydrogen-bond acceptors (Lipinski definition) is 2. The van der Waals surface area contributed by atoms with Crippen LogP contribution < -0.4 is 9.72 Å². The monoisotopic (exact) mass is 447 g/mol. The summed E-state index contributed by atoms with van der Waals surface area (Å²) in [5.74, 6) is -0.624. The Morgan fingerprint density at radius 3 is 2.53 bits per heavy atom. The molecule has 0 saturated heterocycles. The third-order valence-corrected chi connectivity index (χ3v) is 5.05. The molecule has 4 nitrogen and oxygen atoms in total. The van der Waals surface area contributed by atoms with Crippen molar-refractivity contribution in [2.45, 2.75) is 11.2 Å². The number of anilines is 1. The van der Waals surface area contributed by atoms with E-state index in [1.165, 1.54) is 12.1 Å². The molecule has 152 valence electrons. The minimum Gasteiger partial charge on any atom is -0.732 e. The van der Waals surface area contributed by atoms with Crippen molar-refractivity contribution in [2.75, 3.05) is 5.32 Å². The molecule has 0 spiro atoms. The second-order valence-corrected chi connectivity index (χ2v) is 7.25. The number of nitrogens with zero attached hydrogens (tertiary/aromatic N) is 2. The van der Waals surface area contributed by atoms with Crippen molar-refractivity contribution >= 4 is 41.5 Å². The number of imidazole rings is 1. The molecule has 0 aliphatic heterocycles. The zero-order valence-electron chi connectivity index (χ0n) is 15.2. The van der Waals surface area contributed by atoms with Crippen molar-refractivity contribution < 1.29 is 22.4 Å². The lowest BCUT2D eigenvalue weighted by Crippen LogP contribution is -2.30. The summed E-state index contributed by atoms with van der Waals surface area (Å²) in [7, 11) is 0. The number of hydrogen-bond donors (Lipinski definition) is 1. The number of carbonyl (C=O) groups is 1. The predicted octanol–water partition coefficient (Wildman–Crippen LogP) is 5.05. The van der Waals surface area contributed by atoms with Gasteiger partial charge in [0.05, 0.1) is 11.8 Å². The van der Waals surface area contributed by atoms with Crippen molar-refractivity contribution in [3.05, 3.63) is 89.2 Å². The number of halogens is 4. The number of pyridine rings is 1. The Morgan fingerprint density at radius 2 is 1.80 bits per heavy atom. The zero-order chi connectivity index (χ0) is 21.5. The minimum atomic E-state index is -4.51. The number of rotatable bonds is 3. The molecule has 0 atom stereocenters. The summed E-state index contributed by atoms with van der Waals surface area (Å²) in [5.41, 5.74) is 0.559. The summed E-state index contributed by atoms with van der Waals surface area (Å²) in [6.45, 7) is 0. The molecular formula is C21H13ClF3N3OS. The van der Waals surface area contributed by atoms with Crippen LogP contribution in [0.1, 0.15) is 16.1 Å². The lowest BCUT2D eigenvalue weighted by molar-refractivity contribution is -0.514. The van der Waals surface area contributed by atoms with Crippen LogP contribution in [0.25, 0.3) is 11.3 Å². The van der Waals surface area contributed by atoms with Gasteiger partial charge in [0.15, 0.2) is 0 Å². The molecule has 0 unspecified atom stereocenters. The van der Waals surface area contributed by atoms with Crippen LogP contribution in [-0.2, 0) is 18.8 Å². The van der Waals surface area contributed by atoms with Crippen LogP contribution in [0.15, 0.2) is 78.0 Å². The van der Waals surface area contributed by atoms with Crippen LogP contribution in [-0.4, -0.2) is 10.5 Å². The molecule has 1 amide bonds. The van der Waals surface area contributed by atoms with Crippen molar-refractivity contribution in [2.24, 2.45) is 0 Å². The maximum absolute atomic E-state index is 13.0. The fourth-order valence-corrected chi connectivity index (χ4v) is 3.73. The molecule has 0 radical (unpaired) electrons. The third kappa shape index (κ3) is 3.71. The summed E-state index contributed by atoms with van der Waals surface area (Å²) in [5, 5.41) is 3.22. The van der Waals surface area contributed by atoms with Gasteiger partial charge in [0.1, 0.15) is 5.69 Å². The quantitative estimate of drug-likeness (QED) is 0.353. The largest absolute Gasteiger partial charge is 0.732 e. The summed E-state index contributed by atoms with van der Waals surface area (Å²) in [6.07, 6.45) is -2.85. The van der Waals surface area contributed by atoms with Gasteiger partial charge in [-0.25, -0.2) is 4.57 Å². The van der Waals surface area contributed by atoms with Crippen LogP contribution in [0, 0.1) is 0 Å². The molecule has 9 heteroatoms. The smallest absolute Gasteiger partial charge is 0.416 e. The average molecular weight is 448 g/mol. The Kier molecular flexibility index (Phi) is 5.13. The van der Waals surface area contributed by atoms with Gasteiger partial charge in [-0.2, -0.15) is 17.6 Å². The first kappa shape index (κ1) is 20.2. The van der Waals surface area contributed by atoms with Gasteiger partial charge < -0.3 is 17.9 Å². The molecule has 30 heavy (non-hydrogen) atoms. The molecule has 0 aliphatic carbocycles. The van der Waals surface area contributed by atoms with E-state index in [2.05, 4.69) is 5.32 Å². The standard InChI is InChI=1S/C21H13ClF3N3OS/c22-14-6-4-8-16(12-14)28-17-9-1-2-10-27(17)18(20(28)30)19(29)26-15-7-3-5-13(11-15)21(23,24)25/h1-12H,(H-,26,29,30). The van der Waals surface area contributed by atoms with E-state index in [0.29, 0.717) is 16.4 Å². The highest BCUT2D eigenvalue weighted by molar-refractivity contribution is 7.58. The number of alkyl halides is 3. The van der Waals surface area contributed by atoms with E-state index in [4.69, 9.17) is 24.2 Å². The van der Waals surface area contributed by atoms with Gasteiger partial charge in [-0.05, 0) is 36.4 Å². The average Bonchev–Trinajstić information content (AvgIpc) is 2.99. The predicted molar refractivity (Wildman–Crippen MR) is 109 cm³/mol. The molecule has 2 aromatic carbocycles. The van der Waals surface area contributed by atoms with Crippen LogP contribution in [0.3, 0.4) is 0 Å². The molecule has 0 saturated carbocycles. The minimum absolute atomic E-state index is 0.0180. The van der Waals surface area contributed by atoms with Crippen LogP contribution >= 0.6 is 11.6 Å². The van der Waals surface area contributed by atoms with Crippen LogP contribution in [0.5, 0.6) is 0 Å². The second kappa shape index (κ2) is 7.62. The summed E-state index contributed by atoms with van der Waals surface area (Å²) >= 11 is 11.7. The first-order chi connectivity index (χ1) is 14.3. The number of benzene rings is 2. The Labute approximate surface area is 179 Å². The van der Waals surface area contributed by atoms with E-state index in [1.54, 1.807) is 57.6 Å². The topological polar surface area (TPSA) is 38.1 Å². The maximum atomic E-state index is 13.0. The SMILES string of the molecule is O=C(Nc1cccc(C(F)(F)F)c1)c1c([S-])n(-c2cccc(Cl)c2)c2cccc[n+]12. The van der Waals surface area contributed by atoms with Crippen LogP contribution in [0.4, 0.5) is 18.9 Å². The fraction of sp³-hybridized carbons (Fsp3) is 0.0476. The van der Waals surface area contributed by atoms with E-state index in [0.717, 1.165) is 12.1 Å². The van der Waals surface area contributed by atoms with Gasteiger partial charge in [-0.15, -0.1) is 0 Å². The lowest BCUT2D eigenvalue weighted by atomic mass is 10.2. The molecule has 1 N–H and O–H groups in total. The second-order valence-electron chi connectivity index (χ2n) is 6.43. The lowest BCUT2D eigenvalue weighted by Gasteiger charge is -2.10. The molecular weight excluding hydrogens is 435 g/mol. The summed E-state index contributed by atoms with van der Waals surface area (Å²) < 4.78 is 42.2. The van der Waals surface area contributed by atoms with E-state index < -0.39 is 17.6 Å². The number of carbonyl (C=O) groups excluding carboxylic acids is 1. The van der Waals surface area contributed by atoms with E-state index >= 15 is 0 Å². The van der Waals surface area contributed by atoms with Gasteiger partial charge >= 0.3 is 6.18 Å². The number of nitrogens with one attached hydrogen (secondary N) is 1. The van der Waals surface area contributed by atoms with Gasteiger partial charge in [-0.1, -0.05) is 29.8 Å². The Hall–Kier alpha value is -3.10. The van der Waals surface area contributed by atoms with Crippen molar-refractivity contribution in [1.82, 2.24) is 4.57 Å². The highest BCUT2D eigenvalue weighted by Crippen LogP contribution is 2.31. The molecule has 2 aromatic heterocycles. The van der Waals surface area contributed by atoms with Gasteiger partial charge in [0, 0.05) is 27.9 Å². The maximum Gasteiger partial charge on any atom is 0.416 e. The first-order valence-electron chi connectivity index (χ1n) is 8.72. The third-order valence-electron chi connectivity index (χ3n) is 4.44. The first-order valence-corrected chi connectivity index (χ1v) is 9.51. The van der Waals surface area contributed by atoms with Crippen molar-refractivity contribution in [3.8, 4) is 5.69 Å². The molecule has 4 aromatic rings. The van der Waals surface area contributed by atoms with Gasteiger partial charge in [0.2, 0.25) is 5.69 Å². The summed E-state index contributed by atoms with van der Waals surface area (Å²) in [6, 6.07) is 16.7. The highest BCUT2D eigenvalue weighted by atomic mass is 35.5. The molecule has 0 aliphatic rings. The number of aromatic nitrogens is 2. The van der Waals surface area contributed by atoms with E-state index in [9.17, 15) is 18.0 Å². The zero-order valence-corrected chi connectivity index (χ0v) is 16.7. The van der Waals surface area contributed by atoms with Gasteiger partial charge in [0.25, 0.3) is 11.6 Å². The summed E-state index contributed by atoms with van der Waals surface area (Å²) in [4.78, 5) is 13.0. The molecule has 4 rings (SSSR count). The highest BCUT2D eigenvalue weighted by Gasteiger charge is 2.31. The molecule has 2 heterocycles. The van der Waals surface area contributed by atoms with E-state index in [-0.39, 0.29) is 16.4 Å². The Balaban J connectivity index is 1.80. The van der Waals surface area contributed by atoms with Crippen LogP contribution in [0.2, 0.25) is 5.02 Å². The van der Waals surface area contributed by atoms with Gasteiger partial charge in [-0.3, -0.25) is 4.79 Å². The Morgan fingerprint density at radius 1 is 1.03 bits per heavy atom. The fourth-order valence-electron chi connectivity index (χ4n) is 3.15. The number of fused-ring (bicyclic) bond motifs is 1. The van der Waals surface area contributed by atoms with E-state index in [1.807, 2.05) is 0 Å². The Bertz CT molecular complexity index is 1270. The normalized spacial score (nSPS) is 11.6. The van der Waals surface area contributed by atoms with Crippen molar-refractivity contribution in [1.29, 1.82) is 0 Å². The van der Waals surface area contributed by atoms with Crippen molar-refractivity contribution in [3.63, 3.8) is 0 Å². The molecule has 0 fully saturated rings. The number of amides is 1.